The van der Waals surface area contributed by atoms with Crippen LogP contribution in [0.1, 0.15) is 18.9 Å². The summed E-state index contributed by atoms with van der Waals surface area (Å²) in [6.45, 7) is 4.07. The average Bonchev–Trinajstić information content (AvgIpc) is 2.32. The molecule has 0 heterocycles. The summed E-state index contributed by atoms with van der Waals surface area (Å²) in [5, 5.41) is 3.46. The van der Waals surface area contributed by atoms with Crippen LogP contribution in [0.4, 0.5) is 4.39 Å². The molecule has 102 valence electrons. The van der Waals surface area contributed by atoms with Gasteiger partial charge in [-0.3, -0.25) is 0 Å². The van der Waals surface area contributed by atoms with E-state index in [1.54, 1.807) is 6.07 Å². The molecule has 0 aromatic heterocycles. The number of halogens is 2. The first kappa shape index (κ1) is 15.6. The SMILES string of the molecule is CCNC(CCN(C)C)Cc1cccc(F)c1Br. The lowest BCUT2D eigenvalue weighted by atomic mass is 10.0. The predicted molar refractivity (Wildman–Crippen MR) is 78.4 cm³/mol. The number of nitrogens with zero attached hydrogens (tertiary/aromatic N) is 1. The molecule has 0 bridgehead atoms. The first-order valence-corrected chi connectivity index (χ1v) is 7.15. The molecule has 0 fully saturated rings. The van der Waals surface area contributed by atoms with Crippen LogP contribution in [-0.4, -0.2) is 38.1 Å². The van der Waals surface area contributed by atoms with Crippen molar-refractivity contribution >= 4 is 15.9 Å². The summed E-state index contributed by atoms with van der Waals surface area (Å²) in [4.78, 5) is 2.17. The van der Waals surface area contributed by atoms with Crippen LogP contribution in [0.25, 0.3) is 0 Å². The molecule has 0 saturated heterocycles. The Morgan fingerprint density at radius 1 is 1.39 bits per heavy atom. The van der Waals surface area contributed by atoms with E-state index in [4.69, 9.17) is 0 Å². The summed E-state index contributed by atoms with van der Waals surface area (Å²) in [5.41, 5.74) is 1.03. The molecule has 4 heteroatoms. The van der Waals surface area contributed by atoms with Gasteiger partial charge in [-0.1, -0.05) is 19.1 Å². The van der Waals surface area contributed by atoms with Crippen molar-refractivity contribution in [2.45, 2.75) is 25.8 Å². The van der Waals surface area contributed by atoms with E-state index in [-0.39, 0.29) is 5.82 Å². The second-order valence-corrected chi connectivity index (χ2v) is 5.56. The van der Waals surface area contributed by atoms with Gasteiger partial charge in [0.25, 0.3) is 0 Å². The number of hydrogen-bond acceptors (Lipinski definition) is 2. The van der Waals surface area contributed by atoms with Crippen molar-refractivity contribution in [3.8, 4) is 0 Å². The minimum atomic E-state index is -0.185. The van der Waals surface area contributed by atoms with Gasteiger partial charge in [0.05, 0.1) is 4.47 Å². The Balaban J connectivity index is 2.67. The standard InChI is InChI=1S/C14H22BrFN2/c1-4-17-12(8-9-18(2)3)10-11-6-5-7-13(16)14(11)15/h5-7,12,17H,4,8-10H2,1-3H3. The van der Waals surface area contributed by atoms with Crippen LogP contribution in [-0.2, 0) is 6.42 Å². The van der Waals surface area contributed by atoms with E-state index in [0.29, 0.717) is 10.5 Å². The van der Waals surface area contributed by atoms with Gasteiger partial charge in [0, 0.05) is 6.04 Å². The molecule has 1 aromatic rings. The number of rotatable bonds is 7. The van der Waals surface area contributed by atoms with Crippen molar-refractivity contribution in [3.05, 3.63) is 34.1 Å². The average molecular weight is 317 g/mol. The van der Waals surface area contributed by atoms with E-state index >= 15 is 0 Å². The van der Waals surface area contributed by atoms with Crippen molar-refractivity contribution in [1.29, 1.82) is 0 Å². The molecule has 0 aliphatic rings. The maximum Gasteiger partial charge on any atom is 0.137 e. The molecule has 0 amide bonds. The zero-order valence-corrected chi connectivity index (χ0v) is 12.9. The second-order valence-electron chi connectivity index (χ2n) is 4.76. The molecule has 1 rings (SSSR count). The fourth-order valence-corrected chi connectivity index (χ4v) is 2.38. The van der Waals surface area contributed by atoms with Crippen LogP contribution in [0.5, 0.6) is 0 Å². The molecule has 0 spiro atoms. The second kappa shape index (κ2) is 7.87. The number of hydrogen-bond donors (Lipinski definition) is 1. The van der Waals surface area contributed by atoms with E-state index in [2.05, 4.69) is 47.2 Å². The smallest absolute Gasteiger partial charge is 0.137 e. The Kier molecular flexibility index (Phi) is 6.82. The lowest BCUT2D eigenvalue weighted by Crippen LogP contribution is -2.34. The first-order chi connectivity index (χ1) is 8.54. The molecule has 0 aliphatic heterocycles. The number of benzene rings is 1. The van der Waals surface area contributed by atoms with Crippen molar-refractivity contribution in [1.82, 2.24) is 10.2 Å². The van der Waals surface area contributed by atoms with Gasteiger partial charge in [0.2, 0.25) is 0 Å². The van der Waals surface area contributed by atoms with Gasteiger partial charge >= 0.3 is 0 Å². The largest absolute Gasteiger partial charge is 0.314 e. The van der Waals surface area contributed by atoms with E-state index in [1.165, 1.54) is 6.07 Å². The maximum atomic E-state index is 13.5. The van der Waals surface area contributed by atoms with Crippen LogP contribution >= 0.6 is 15.9 Å². The molecule has 1 N–H and O–H groups in total. The quantitative estimate of drug-likeness (QED) is 0.831. The highest BCUT2D eigenvalue weighted by Crippen LogP contribution is 2.22. The number of likely N-dealkylation sites (N-methyl/N-ethyl adjacent to an activating group) is 1. The summed E-state index contributed by atoms with van der Waals surface area (Å²) < 4.78 is 14.0. The summed E-state index contributed by atoms with van der Waals surface area (Å²) in [5.74, 6) is -0.185. The van der Waals surface area contributed by atoms with Crippen LogP contribution in [0, 0.1) is 5.82 Å². The van der Waals surface area contributed by atoms with Crippen LogP contribution in [0.2, 0.25) is 0 Å². The fourth-order valence-electron chi connectivity index (χ4n) is 1.95. The lowest BCUT2D eigenvalue weighted by molar-refractivity contribution is 0.358. The Morgan fingerprint density at radius 2 is 2.11 bits per heavy atom. The van der Waals surface area contributed by atoms with Crippen LogP contribution in [0.3, 0.4) is 0 Å². The third kappa shape index (κ3) is 5.04. The van der Waals surface area contributed by atoms with Gasteiger partial charge in [0.1, 0.15) is 5.82 Å². The summed E-state index contributed by atoms with van der Waals surface area (Å²) >= 11 is 3.33. The van der Waals surface area contributed by atoms with Crippen LogP contribution < -0.4 is 5.32 Å². The molecule has 0 saturated carbocycles. The fraction of sp³-hybridized carbons (Fsp3) is 0.571. The molecule has 2 nitrogen and oxygen atoms in total. The van der Waals surface area contributed by atoms with E-state index in [0.717, 1.165) is 31.5 Å². The Bertz CT molecular complexity index is 369. The van der Waals surface area contributed by atoms with E-state index in [9.17, 15) is 4.39 Å². The molecule has 1 unspecified atom stereocenters. The highest BCUT2D eigenvalue weighted by Gasteiger charge is 2.12. The van der Waals surface area contributed by atoms with Gasteiger partial charge < -0.3 is 10.2 Å². The molecule has 1 atom stereocenters. The monoisotopic (exact) mass is 316 g/mol. The Morgan fingerprint density at radius 3 is 2.72 bits per heavy atom. The van der Waals surface area contributed by atoms with Crippen molar-refractivity contribution < 1.29 is 4.39 Å². The molecular weight excluding hydrogens is 295 g/mol. The van der Waals surface area contributed by atoms with Crippen molar-refractivity contribution in [2.24, 2.45) is 0 Å². The Hall–Kier alpha value is -0.450. The van der Waals surface area contributed by atoms with Gasteiger partial charge in [-0.2, -0.15) is 0 Å². The first-order valence-electron chi connectivity index (χ1n) is 6.35. The normalized spacial score (nSPS) is 13.0. The minimum Gasteiger partial charge on any atom is -0.314 e. The zero-order valence-electron chi connectivity index (χ0n) is 11.3. The topological polar surface area (TPSA) is 15.3 Å². The summed E-state index contributed by atoms with van der Waals surface area (Å²) in [6.07, 6.45) is 1.91. The van der Waals surface area contributed by atoms with Crippen molar-refractivity contribution in [3.63, 3.8) is 0 Å². The van der Waals surface area contributed by atoms with Crippen molar-refractivity contribution in [2.75, 3.05) is 27.2 Å². The molecular formula is C14H22BrFN2. The van der Waals surface area contributed by atoms with E-state index < -0.39 is 0 Å². The lowest BCUT2D eigenvalue weighted by Gasteiger charge is -2.20. The zero-order chi connectivity index (χ0) is 13.5. The molecule has 1 aromatic carbocycles. The predicted octanol–water partition coefficient (Wildman–Crippen LogP) is 3.06. The van der Waals surface area contributed by atoms with Crippen LogP contribution in [0.15, 0.2) is 22.7 Å². The summed E-state index contributed by atoms with van der Waals surface area (Å²) in [7, 11) is 4.14. The van der Waals surface area contributed by atoms with Gasteiger partial charge in [-0.05, 0) is 67.6 Å². The summed E-state index contributed by atoms with van der Waals surface area (Å²) in [6, 6.07) is 5.61. The highest BCUT2D eigenvalue weighted by atomic mass is 79.9. The Labute approximate surface area is 118 Å². The maximum absolute atomic E-state index is 13.5. The van der Waals surface area contributed by atoms with Gasteiger partial charge in [0.15, 0.2) is 0 Å². The minimum absolute atomic E-state index is 0.185. The molecule has 0 aliphatic carbocycles. The highest BCUT2D eigenvalue weighted by molar-refractivity contribution is 9.10. The molecule has 0 radical (unpaired) electrons. The third-order valence-electron chi connectivity index (χ3n) is 2.92. The third-order valence-corrected chi connectivity index (χ3v) is 3.80. The van der Waals surface area contributed by atoms with E-state index in [1.807, 2.05) is 6.07 Å². The van der Waals surface area contributed by atoms with Gasteiger partial charge in [-0.25, -0.2) is 4.39 Å². The van der Waals surface area contributed by atoms with Gasteiger partial charge in [-0.15, -0.1) is 0 Å². The molecule has 18 heavy (non-hydrogen) atoms. The number of nitrogens with one attached hydrogen (secondary N) is 1.